The Kier molecular flexibility index (Phi) is 9.56. The van der Waals surface area contributed by atoms with E-state index in [0.29, 0.717) is 6.42 Å². The molecule has 0 radical (unpaired) electrons. The maximum Gasteiger partial charge on any atom is 0.334 e. The van der Waals surface area contributed by atoms with E-state index < -0.39 is 0 Å². The average Bonchev–Trinajstić information content (AvgIpc) is 3.01. The zero-order valence-corrected chi connectivity index (χ0v) is 26.2. The van der Waals surface area contributed by atoms with Crippen LogP contribution in [0.4, 0.5) is 0 Å². The van der Waals surface area contributed by atoms with Gasteiger partial charge in [-0.05, 0) is 69.8 Å². The summed E-state index contributed by atoms with van der Waals surface area (Å²) in [5, 5.41) is 15.1. The molecule has 1 aliphatic rings. The van der Waals surface area contributed by atoms with Gasteiger partial charge in [-0.25, -0.2) is 4.79 Å². The van der Waals surface area contributed by atoms with Crippen LogP contribution in [0.3, 0.4) is 0 Å². The molecule has 2 atom stereocenters. The molecule has 2 N–H and O–H groups in total. The van der Waals surface area contributed by atoms with Gasteiger partial charge in [0.15, 0.2) is 0 Å². The third kappa shape index (κ3) is 7.88. The van der Waals surface area contributed by atoms with Crippen LogP contribution in [0.15, 0.2) is 102 Å². The lowest BCUT2D eigenvalue weighted by Crippen LogP contribution is -2.22. The lowest BCUT2D eigenvalue weighted by molar-refractivity contribution is -0.151. The van der Waals surface area contributed by atoms with E-state index >= 15 is 0 Å². The molecule has 1 fully saturated rings. The van der Waals surface area contributed by atoms with Crippen molar-refractivity contribution in [3.63, 3.8) is 0 Å². The smallest absolute Gasteiger partial charge is 0.334 e. The molecular formula is C37H40N2O3S. The molecule has 1 heterocycles. The maximum absolute atomic E-state index is 12.9. The van der Waals surface area contributed by atoms with E-state index in [9.17, 15) is 9.90 Å². The van der Waals surface area contributed by atoms with Crippen molar-refractivity contribution < 1.29 is 14.7 Å². The number of carbonyl (C=O) groups is 1. The van der Waals surface area contributed by atoms with Crippen molar-refractivity contribution >= 4 is 23.4 Å². The lowest BCUT2D eigenvalue weighted by Gasteiger charge is -2.30. The summed E-state index contributed by atoms with van der Waals surface area (Å²) in [7, 11) is 0. The number of benzene rings is 4. The second-order valence-corrected chi connectivity index (χ2v) is 13.6. The Bertz CT molecular complexity index is 1530. The van der Waals surface area contributed by atoms with Gasteiger partial charge in [0, 0.05) is 29.1 Å². The van der Waals surface area contributed by atoms with Crippen LogP contribution in [0.5, 0.6) is 5.75 Å². The summed E-state index contributed by atoms with van der Waals surface area (Å²) in [6.07, 6.45) is 2.32. The average molecular weight is 593 g/mol. The van der Waals surface area contributed by atoms with E-state index in [4.69, 9.17) is 4.84 Å². The third-order valence-corrected chi connectivity index (χ3v) is 9.49. The first-order valence-electron chi connectivity index (χ1n) is 14.9. The van der Waals surface area contributed by atoms with Crippen LogP contribution >= 0.6 is 11.8 Å². The molecule has 43 heavy (non-hydrogen) atoms. The highest BCUT2D eigenvalue weighted by Crippen LogP contribution is 2.49. The number of rotatable bonds is 8. The Morgan fingerprint density at radius 1 is 0.907 bits per heavy atom. The number of phenolic OH excluding ortho intramolecular Hbond substituents is 1. The molecule has 0 aliphatic carbocycles. The minimum atomic E-state index is -0.359. The Balaban J connectivity index is 1.27. The molecule has 5 rings (SSSR count). The first-order chi connectivity index (χ1) is 20.7. The topological polar surface area (TPSA) is 70.9 Å². The number of hydrogen-bond donors (Lipinski definition) is 2. The molecule has 1 saturated heterocycles. The fourth-order valence-corrected chi connectivity index (χ4v) is 7.03. The van der Waals surface area contributed by atoms with Crippen LogP contribution in [0, 0.1) is 6.92 Å². The molecule has 1 aliphatic heterocycles. The zero-order valence-electron chi connectivity index (χ0n) is 25.3. The molecule has 4 aromatic rings. The zero-order chi connectivity index (χ0) is 30.4. The predicted octanol–water partition coefficient (Wildman–Crippen LogP) is 9.01. The largest absolute Gasteiger partial charge is 0.508 e. The summed E-state index contributed by atoms with van der Waals surface area (Å²) < 4.78 is 0. The van der Waals surface area contributed by atoms with Crippen molar-refractivity contribution in [2.24, 2.45) is 5.10 Å². The van der Waals surface area contributed by atoms with Crippen LogP contribution < -0.4 is 5.59 Å². The van der Waals surface area contributed by atoms with Gasteiger partial charge in [0.05, 0.1) is 6.42 Å². The highest BCUT2D eigenvalue weighted by atomic mass is 32.2. The Labute approximate surface area is 259 Å². The van der Waals surface area contributed by atoms with E-state index in [-0.39, 0.29) is 34.1 Å². The summed E-state index contributed by atoms with van der Waals surface area (Å²) in [5.74, 6) is -0.0858. The van der Waals surface area contributed by atoms with Gasteiger partial charge in [-0.1, -0.05) is 106 Å². The monoisotopic (exact) mass is 592 g/mol. The summed E-state index contributed by atoms with van der Waals surface area (Å²) in [6.45, 7) is 8.44. The van der Waals surface area contributed by atoms with Crippen LogP contribution in [0.1, 0.15) is 78.4 Å². The van der Waals surface area contributed by atoms with Crippen molar-refractivity contribution in [3.8, 4) is 16.9 Å². The quantitative estimate of drug-likeness (QED) is 0.200. The predicted molar refractivity (Wildman–Crippen MR) is 177 cm³/mol. The molecular weight excluding hydrogens is 552 g/mol. The number of phenols is 1. The molecule has 4 aromatic carbocycles. The van der Waals surface area contributed by atoms with E-state index in [1.807, 2.05) is 43.0 Å². The number of aromatic hydroxyl groups is 1. The normalized spacial score (nSPS) is 16.9. The highest BCUT2D eigenvalue weighted by Gasteiger charge is 2.29. The Hall–Kier alpha value is -4.03. The van der Waals surface area contributed by atoms with E-state index in [0.717, 1.165) is 40.8 Å². The lowest BCUT2D eigenvalue weighted by atomic mass is 9.83. The minimum Gasteiger partial charge on any atom is -0.508 e. The van der Waals surface area contributed by atoms with Gasteiger partial charge in [0.1, 0.15) is 5.75 Å². The Morgan fingerprint density at radius 2 is 1.53 bits per heavy atom. The summed E-state index contributed by atoms with van der Waals surface area (Å²) in [4.78, 5) is 18.3. The number of nitrogens with zero attached hydrogens (tertiary/aromatic N) is 1. The number of hydrazone groups is 1. The second-order valence-electron chi connectivity index (χ2n) is 12.2. The molecule has 0 amide bonds. The van der Waals surface area contributed by atoms with Crippen molar-refractivity contribution in [1.29, 1.82) is 0 Å². The van der Waals surface area contributed by atoms with Gasteiger partial charge in [0.25, 0.3) is 0 Å². The molecule has 222 valence electrons. The first-order valence-corrected chi connectivity index (χ1v) is 15.8. The number of hydrogen-bond acceptors (Lipinski definition) is 6. The molecule has 0 saturated carbocycles. The standard InChI is InChI=1S/C37H40N2O3S/c1-25-21-28(15-19-33(25)40)32-18-17-30(37(2,3)4)22-29(32)16-20-36(41)42-39-38-31-23-34(26-11-7-5-8-12-26)43-35(24-31)27-13-9-6-10-14-27/h5-15,17-19,21-22,34-35,39-40H,16,20,23-24H2,1-4H3. The van der Waals surface area contributed by atoms with E-state index in [1.54, 1.807) is 6.07 Å². The SMILES string of the molecule is Cc1cc(-c2ccc(C(C)(C)C)cc2CCC(=O)ONN=C2CC(c3ccccc3)SC(c3ccccc3)C2)ccc1O. The second kappa shape index (κ2) is 13.5. The van der Waals surface area contributed by atoms with E-state index in [1.165, 1.54) is 16.7 Å². The van der Waals surface area contributed by atoms with Crippen molar-refractivity contribution in [3.05, 3.63) is 125 Å². The van der Waals surface area contributed by atoms with Gasteiger partial charge in [-0.3, -0.25) is 0 Å². The van der Waals surface area contributed by atoms with Crippen LogP contribution in [-0.4, -0.2) is 16.8 Å². The molecule has 0 spiro atoms. The van der Waals surface area contributed by atoms with Gasteiger partial charge >= 0.3 is 5.97 Å². The summed E-state index contributed by atoms with van der Waals surface area (Å²) in [6, 6.07) is 33.1. The number of nitrogens with one attached hydrogen (secondary N) is 1. The molecule has 6 heteroatoms. The van der Waals surface area contributed by atoms with Gasteiger partial charge in [-0.15, -0.1) is 17.4 Å². The van der Waals surface area contributed by atoms with E-state index in [2.05, 4.69) is 98.2 Å². The first kappa shape index (κ1) is 30.4. The van der Waals surface area contributed by atoms with Crippen molar-refractivity contribution in [1.82, 2.24) is 5.59 Å². The molecule has 0 aromatic heterocycles. The fourth-order valence-electron chi connectivity index (χ4n) is 5.42. The fraction of sp³-hybridized carbons (Fsp3) is 0.297. The number of aryl methyl sites for hydroxylation is 2. The van der Waals surface area contributed by atoms with Crippen molar-refractivity contribution in [2.75, 3.05) is 0 Å². The highest BCUT2D eigenvalue weighted by molar-refractivity contribution is 7.99. The number of carbonyl (C=O) groups excluding carboxylic acids is 1. The molecule has 2 unspecified atom stereocenters. The van der Waals surface area contributed by atoms with Crippen LogP contribution in [-0.2, 0) is 21.5 Å². The van der Waals surface area contributed by atoms with Crippen LogP contribution in [0.25, 0.3) is 11.1 Å². The molecule has 0 bridgehead atoms. The maximum atomic E-state index is 12.9. The summed E-state index contributed by atoms with van der Waals surface area (Å²) in [5.41, 5.74) is 11.3. The number of thioether (sulfide) groups is 1. The third-order valence-electron chi connectivity index (χ3n) is 7.95. The van der Waals surface area contributed by atoms with Crippen LogP contribution in [0.2, 0.25) is 0 Å². The minimum absolute atomic E-state index is 0.0240. The molecule has 5 nitrogen and oxygen atoms in total. The summed E-state index contributed by atoms with van der Waals surface area (Å²) >= 11 is 1.96. The van der Waals surface area contributed by atoms with Gasteiger partial charge in [0.2, 0.25) is 0 Å². The van der Waals surface area contributed by atoms with Gasteiger partial charge < -0.3 is 9.94 Å². The Morgan fingerprint density at radius 3 is 2.12 bits per heavy atom. The van der Waals surface area contributed by atoms with Crippen molar-refractivity contribution in [2.45, 2.75) is 69.3 Å². The van der Waals surface area contributed by atoms with Gasteiger partial charge in [-0.2, -0.15) is 5.10 Å².